The molecule has 1 saturated heterocycles. The number of piperazine rings is 1. The van der Waals surface area contributed by atoms with Crippen molar-refractivity contribution in [1.82, 2.24) is 9.62 Å². The van der Waals surface area contributed by atoms with Crippen LogP contribution in [-0.4, -0.2) is 57.4 Å². The Kier molecular flexibility index (Phi) is 6.92. The van der Waals surface area contributed by atoms with Crippen LogP contribution in [0.5, 0.6) is 0 Å². The van der Waals surface area contributed by atoms with Gasteiger partial charge in [-0.1, -0.05) is 36.4 Å². The fourth-order valence-electron chi connectivity index (χ4n) is 2.79. The van der Waals surface area contributed by atoms with E-state index in [-0.39, 0.29) is 11.9 Å². The summed E-state index contributed by atoms with van der Waals surface area (Å²) in [5.74, 6) is -0.0322. The van der Waals surface area contributed by atoms with Crippen LogP contribution in [-0.2, 0) is 14.8 Å². The Bertz CT molecular complexity index is 708. The standard InChI is InChI=1S/C18H25N3O3S/c1-3-10-19-18(22)16(2)20-11-13-21(14-12-20)25(23,24)15-9-17-7-5-4-6-8-17/h3-9,15-16H,1,10-14H2,2H3,(H,19,22)/p+1/b15-9+/t16-/m1/s1. The van der Waals surface area contributed by atoms with Crippen LogP contribution in [0.2, 0.25) is 0 Å². The maximum atomic E-state index is 12.5. The van der Waals surface area contributed by atoms with Gasteiger partial charge in [0.25, 0.3) is 5.91 Å². The second kappa shape index (κ2) is 8.94. The molecular weight excluding hydrogens is 338 g/mol. The molecule has 6 nitrogen and oxygen atoms in total. The predicted molar refractivity (Wildman–Crippen MR) is 99.3 cm³/mol. The summed E-state index contributed by atoms with van der Waals surface area (Å²) in [5, 5.41) is 4.05. The lowest BCUT2D eigenvalue weighted by Crippen LogP contribution is -3.19. The van der Waals surface area contributed by atoms with Crippen molar-refractivity contribution in [3.05, 3.63) is 54.0 Å². The Morgan fingerprint density at radius 1 is 1.32 bits per heavy atom. The maximum absolute atomic E-state index is 12.5. The molecule has 2 rings (SSSR count). The van der Waals surface area contributed by atoms with Crippen molar-refractivity contribution in [2.75, 3.05) is 32.7 Å². The van der Waals surface area contributed by atoms with Crippen LogP contribution in [0, 0.1) is 0 Å². The number of sulfonamides is 1. The molecule has 2 N–H and O–H groups in total. The van der Waals surface area contributed by atoms with E-state index in [1.54, 1.807) is 12.2 Å². The molecule has 1 aromatic carbocycles. The van der Waals surface area contributed by atoms with E-state index in [9.17, 15) is 13.2 Å². The smallest absolute Gasteiger partial charge is 0.278 e. The van der Waals surface area contributed by atoms with E-state index in [2.05, 4.69) is 11.9 Å². The van der Waals surface area contributed by atoms with Crippen molar-refractivity contribution < 1.29 is 18.1 Å². The van der Waals surface area contributed by atoms with Crippen molar-refractivity contribution in [3.63, 3.8) is 0 Å². The average molecular weight is 364 g/mol. The highest BCUT2D eigenvalue weighted by molar-refractivity contribution is 7.92. The first-order valence-electron chi connectivity index (χ1n) is 8.40. The summed E-state index contributed by atoms with van der Waals surface area (Å²) in [6, 6.07) is 9.14. The van der Waals surface area contributed by atoms with Crippen molar-refractivity contribution in [2.45, 2.75) is 13.0 Å². The first-order valence-corrected chi connectivity index (χ1v) is 9.91. The zero-order valence-corrected chi connectivity index (χ0v) is 15.3. The minimum atomic E-state index is -3.44. The van der Waals surface area contributed by atoms with Gasteiger partial charge in [0.15, 0.2) is 6.04 Å². The Morgan fingerprint density at radius 2 is 1.96 bits per heavy atom. The molecule has 0 aliphatic carbocycles. The first kappa shape index (κ1) is 19.4. The van der Waals surface area contributed by atoms with Crippen molar-refractivity contribution in [3.8, 4) is 0 Å². The highest BCUT2D eigenvalue weighted by atomic mass is 32.2. The summed E-state index contributed by atoms with van der Waals surface area (Å²) in [5.41, 5.74) is 0.850. The Morgan fingerprint density at radius 3 is 2.56 bits per heavy atom. The van der Waals surface area contributed by atoms with Crippen LogP contribution < -0.4 is 10.2 Å². The number of rotatable bonds is 7. The monoisotopic (exact) mass is 364 g/mol. The fourth-order valence-corrected chi connectivity index (χ4v) is 3.98. The summed E-state index contributed by atoms with van der Waals surface area (Å²) in [7, 11) is -3.44. The number of nitrogens with one attached hydrogen (secondary N) is 2. The summed E-state index contributed by atoms with van der Waals surface area (Å²) in [4.78, 5) is 13.1. The minimum absolute atomic E-state index is 0.0322. The Balaban J connectivity index is 1.91. The normalized spacial score (nSPS) is 18.1. The van der Waals surface area contributed by atoms with E-state index >= 15 is 0 Å². The van der Waals surface area contributed by atoms with E-state index in [0.717, 1.165) is 10.5 Å². The summed E-state index contributed by atoms with van der Waals surface area (Å²) in [6.07, 6.45) is 3.25. The van der Waals surface area contributed by atoms with Gasteiger partial charge in [-0.05, 0) is 18.6 Å². The summed E-state index contributed by atoms with van der Waals surface area (Å²) < 4.78 is 26.4. The van der Waals surface area contributed by atoms with Crippen LogP contribution in [0.4, 0.5) is 0 Å². The molecule has 25 heavy (non-hydrogen) atoms. The van der Waals surface area contributed by atoms with E-state index in [0.29, 0.717) is 32.7 Å². The largest absolute Gasteiger partial charge is 0.347 e. The molecule has 136 valence electrons. The van der Waals surface area contributed by atoms with Crippen LogP contribution in [0.15, 0.2) is 48.4 Å². The van der Waals surface area contributed by atoms with Crippen LogP contribution in [0.1, 0.15) is 12.5 Å². The second-order valence-corrected chi connectivity index (χ2v) is 7.89. The molecule has 1 atom stereocenters. The molecule has 1 aliphatic rings. The van der Waals surface area contributed by atoms with Gasteiger partial charge in [0.1, 0.15) is 0 Å². The third kappa shape index (κ3) is 5.52. The van der Waals surface area contributed by atoms with Gasteiger partial charge in [-0.25, -0.2) is 8.42 Å². The van der Waals surface area contributed by atoms with Gasteiger partial charge in [0.05, 0.1) is 26.2 Å². The third-order valence-electron chi connectivity index (χ3n) is 4.38. The van der Waals surface area contributed by atoms with Crippen LogP contribution >= 0.6 is 0 Å². The summed E-state index contributed by atoms with van der Waals surface area (Å²) >= 11 is 0. The quantitative estimate of drug-likeness (QED) is 0.663. The summed E-state index contributed by atoms with van der Waals surface area (Å²) in [6.45, 7) is 7.94. The molecule has 0 spiro atoms. The van der Waals surface area contributed by atoms with E-state index in [1.165, 1.54) is 9.71 Å². The van der Waals surface area contributed by atoms with Crippen LogP contribution in [0.25, 0.3) is 6.08 Å². The molecule has 7 heteroatoms. The lowest BCUT2D eigenvalue weighted by molar-refractivity contribution is -0.917. The van der Waals surface area contributed by atoms with Gasteiger partial charge < -0.3 is 10.2 Å². The Hall–Kier alpha value is -1.96. The van der Waals surface area contributed by atoms with Gasteiger partial charge in [0.2, 0.25) is 10.0 Å². The zero-order chi connectivity index (χ0) is 18.3. The molecule has 1 fully saturated rings. The van der Waals surface area contributed by atoms with Crippen molar-refractivity contribution >= 4 is 22.0 Å². The predicted octanol–water partition coefficient (Wildman–Crippen LogP) is -0.122. The number of carbonyl (C=O) groups excluding carboxylic acids is 1. The minimum Gasteiger partial charge on any atom is -0.347 e. The molecule has 1 heterocycles. The van der Waals surface area contributed by atoms with Gasteiger partial charge in [0, 0.05) is 12.0 Å². The number of quaternary nitrogens is 1. The topological polar surface area (TPSA) is 70.9 Å². The highest BCUT2D eigenvalue weighted by Gasteiger charge is 2.32. The van der Waals surface area contributed by atoms with Crippen LogP contribution in [0.3, 0.4) is 0 Å². The molecule has 0 radical (unpaired) electrons. The van der Waals surface area contributed by atoms with Gasteiger partial charge in [-0.15, -0.1) is 6.58 Å². The molecule has 0 aromatic heterocycles. The molecule has 1 amide bonds. The molecular formula is C18H26N3O3S+. The number of amides is 1. The number of benzene rings is 1. The number of hydrogen-bond acceptors (Lipinski definition) is 3. The lowest BCUT2D eigenvalue weighted by Gasteiger charge is -2.33. The van der Waals surface area contributed by atoms with Gasteiger partial charge in [-0.3, -0.25) is 4.79 Å². The molecule has 0 saturated carbocycles. The third-order valence-corrected chi connectivity index (χ3v) is 5.95. The molecule has 1 aliphatic heterocycles. The average Bonchev–Trinajstić information content (AvgIpc) is 2.65. The maximum Gasteiger partial charge on any atom is 0.278 e. The van der Waals surface area contributed by atoms with Gasteiger partial charge in [-0.2, -0.15) is 4.31 Å². The Labute approximate surface area is 149 Å². The van der Waals surface area contributed by atoms with E-state index in [4.69, 9.17) is 0 Å². The molecule has 0 unspecified atom stereocenters. The number of carbonyl (C=O) groups is 1. The second-order valence-electron chi connectivity index (χ2n) is 6.07. The van der Waals surface area contributed by atoms with E-state index < -0.39 is 10.0 Å². The zero-order valence-electron chi connectivity index (χ0n) is 14.5. The van der Waals surface area contributed by atoms with Gasteiger partial charge >= 0.3 is 0 Å². The highest BCUT2D eigenvalue weighted by Crippen LogP contribution is 2.08. The van der Waals surface area contributed by atoms with Crippen molar-refractivity contribution in [1.29, 1.82) is 0 Å². The lowest BCUT2D eigenvalue weighted by atomic mass is 10.2. The fraction of sp³-hybridized carbons (Fsp3) is 0.389. The first-order chi connectivity index (χ1) is 11.9. The molecule has 0 bridgehead atoms. The molecule has 1 aromatic rings. The van der Waals surface area contributed by atoms with E-state index in [1.807, 2.05) is 37.3 Å². The van der Waals surface area contributed by atoms with Crippen molar-refractivity contribution in [2.24, 2.45) is 0 Å². The SMILES string of the molecule is C=CCNC(=O)[C@@H](C)[NH+]1CCN(S(=O)(=O)/C=C/c2ccccc2)CC1. The number of nitrogens with zero attached hydrogens (tertiary/aromatic N) is 1. The number of hydrogen-bond donors (Lipinski definition) is 2.